The molecule has 0 aliphatic heterocycles. The van der Waals surface area contributed by atoms with Gasteiger partial charge in [0.2, 0.25) is 5.91 Å². The number of nitrogens with one attached hydrogen (secondary N) is 2. The summed E-state index contributed by atoms with van der Waals surface area (Å²) in [6.07, 6.45) is 1.85. The molecule has 0 unspecified atom stereocenters. The highest BCUT2D eigenvalue weighted by molar-refractivity contribution is 6.01. The van der Waals surface area contributed by atoms with Crippen LogP contribution in [0.2, 0.25) is 0 Å². The average Bonchev–Trinajstić information content (AvgIpc) is 3.00. The molecule has 0 atom stereocenters. The van der Waals surface area contributed by atoms with Gasteiger partial charge in [0.1, 0.15) is 0 Å². The summed E-state index contributed by atoms with van der Waals surface area (Å²) in [5.74, 6) is -0.229. The fraction of sp³-hybridized carbons (Fsp3) is 0.150. The number of benzene rings is 2. The van der Waals surface area contributed by atoms with Crippen LogP contribution in [0, 0.1) is 6.92 Å². The maximum atomic E-state index is 11.5. The number of aliphatic hydroxyl groups excluding tert-OH is 1. The maximum absolute atomic E-state index is 11.5. The third kappa shape index (κ3) is 3.09. The smallest absolute Gasteiger partial charge is 0.247 e. The fourth-order valence-corrected chi connectivity index (χ4v) is 2.88. The average molecular weight is 320 g/mol. The lowest BCUT2D eigenvalue weighted by Gasteiger charge is -2.08. The lowest BCUT2D eigenvalue weighted by Crippen LogP contribution is -2.06. The minimum absolute atomic E-state index is 0.115. The molecule has 0 saturated carbocycles. The number of hydrogen-bond acceptors (Lipinski definition) is 2. The van der Waals surface area contributed by atoms with Crippen LogP contribution in [0.4, 0.5) is 5.69 Å². The van der Waals surface area contributed by atoms with E-state index >= 15 is 0 Å². The van der Waals surface area contributed by atoms with Crippen molar-refractivity contribution in [1.29, 1.82) is 0 Å². The highest BCUT2D eigenvalue weighted by atomic mass is 16.3. The van der Waals surface area contributed by atoms with Crippen molar-refractivity contribution in [2.45, 2.75) is 13.3 Å². The van der Waals surface area contributed by atoms with E-state index in [9.17, 15) is 9.90 Å². The van der Waals surface area contributed by atoms with Crippen molar-refractivity contribution in [3.63, 3.8) is 0 Å². The van der Waals surface area contributed by atoms with E-state index in [0.29, 0.717) is 6.42 Å². The van der Waals surface area contributed by atoms with Crippen molar-refractivity contribution in [2.24, 2.45) is 0 Å². The Labute approximate surface area is 140 Å². The molecule has 1 heterocycles. The van der Waals surface area contributed by atoms with Gasteiger partial charge in [-0.25, -0.2) is 0 Å². The molecule has 0 aliphatic carbocycles. The molecule has 4 heteroatoms. The maximum Gasteiger partial charge on any atom is 0.247 e. The van der Waals surface area contributed by atoms with Gasteiger partial charge in [0, 0.05) is 35.3 Å². The molecule has 122 valence electrons. The molecule has 0 spiro atoms. The molecule has 2 aromatic carbocycles. The zero-order chi connectivity index (χ0) is 17.1. The normalized spacial score (nSPS) is 10.8. The number of amides is 1. The van der Waals surface area contributed by atoms with Crippen LogP contribution in [0.3, 0.4) is 0 Å². The minimum atomic E-state index is -0.229. The van der Waals surface area contributed by atoms with Gasteiger partial charge >= 0.3 is 0 Å². The molecule has 0 bridgehead atoms. The van der Waals surface area contributed by atoms with Crippen molar-refractivity contribution in [3.8, 4) is 11.1 Å². The summed E-state index contributed by atoms with van der Waals surface area (Å²) in [7, 11) is 0. The zero-order valence-corrected chi connectivity index (χ0v) is 13.6. The molecule has 1 amide bonds. The Hall–Kier alpha value is -2.85. The Morgan fingerprint density at radius 3 is 2.88 bits per heavy atom. The molecular formula is C20H20N2O2. The first kappa shape index (κ1) is 16.0. The summed E-state index contributed by atoms with van der Waals surface area (Å²) in [5, 5.41) is 13.1. The van der Waals surface area contributed by atoms with Crippen molar-refractivity contribution >= 4 is 22.5 Å². The van der Waals surface area contributed by atoms with E-state index in [-0.39, 0.29) is 12.5 Å². The summed E-state index contributed by atoms with van der Waals surface area (Å²) in [6.45, 7) is 5.65. The van der Waals surface area contributed by atoms with Crippen LogP contribution in [-0.2, 0) is 11.2 Å². The number of fused-ring (bicyclic) bond motifs is 1. The van der Waals surface area contributed by atoms with Gasteiger partial charge in [0.25, 0.3) is 0 Å². The van der Waals surface area contributed by atoms with Gasteiger partial charge in [-0.15, -0.1) is 0 Å². The van der Waals surface area contributed by atoms with Gasteiger partial charge < -0.3 is 15.4 Å². The Morgan fingerprint density at radius 2 is 2.12 bits per heavy atom. The van der Waals surface area contributed by atoms with E-state index in [0.717, 1.165) is 39.0 Å². The second-order valence-corrected chi connectivity index (χ2v) is 5.76. The van der Waals surface area contributed by atoms with Gasteiger partial charge in [0.15, 0.2) is 0 Å². The van der Waals surface area contributed by atoms with E-state index in [2.05, 4.69) is 42.0 Å². The summed E-state index contributed by atoms with van der Waals surface area (Å²) >= 11 is 0. The number of aromatic amines is 1. The van der Waals surface area contributed by atoms with Gasteiger partial charge in [-0.1, -0.05) is 30.8 Å². The van der Waals surface area contributed by atoms with Gasteiger partial charge in [-0.05, 0) is 47.9 Å². The standard InChI is InChI=1S/C20H20N2O2/c1-3-19(24)21-15-6-4-5-14(11-15)17-8-7-13(2)20-18(17)12-16(22-20)9-10-23/h3-8,11-12,22-23H,1,9-10H2,2H3,(H,21,24). The van der Waals surface area contributed by atoms with Crippen LogP contribution in [0.15, 0.2) is 55.1 Å². The Kier molecular flexibility index (Phi) is 4.49. The first-order valence-corrected chi connectivity index (χ1v) is 7.88. The number of carbonyl (C=O) groups is 1. The van der Waals surface area contributed by atoms with Crippen molar-refractivity contribution in [1.82, 2.24) is 4.98 Å². The molecular weight excluding hydrogens is 300 g/mol. The Balaban J connectivity index is 2.09. The van der Waals surface area contributed by atoms with Crippen molar-refractivity contribution < 1.29 is 9.90 Å². The van der Waals surface area contributed by atoms with Crippen molar-refractivity contribution in [2.75, 3.05) is 11.9 Å². The van der Waals surface area contributed by atoms with Crippen LogP contribution in [0.5, 0.6) is 0 Å². The SMILES string of the molecule is C=CC(=O)Nc1cccc(-c2ccc(C)c3[nH]c(CCO)cc23)c1. The van der Waals surface area contributed by atoms with Crippen LogP contribution in [0.25, 0.3) is 22.0 Å². The van der Waals surface area contributed by atoms with Crippen LogP contribution < -0.4 is 5.32 Å². The van der Waals surface area contributed by atoms with E-state index in [1.54, 1.807) is 0 Å². The largest absolute Gasteiger partial charge is 0.396 e. The molecule has 4 nitrogen and oxygen atoms in total. The highest BCUT2D eigenvalue weighted by Crippen LogP contribution is 2.32. The fourth-order valence-electron chi connectivity index (χ4n) is 2.88. The molecule has 3 aromatic rings. The second-order valence-electron chi connectivity index (χ2n) is 5.76. The Bertz CT molecular complexity index is 909. The topological polar surface area (TPSA) is 65.1 Å². The third-order valence-electron chi connectivity index (χ3n) is 4.07. The number of aromatic nitrogens is 1. The summed E-state index contributed by atoms with van der Waals surface area (Å²) in [6, 6.07) is 14.0. The predicted molar refractivity (Wildman–Crippen MR) is 98.1 cm³/mol. The highest BCUT2D eigenvalue weighted by Gasteiger charge is 2.10. The molecule has 3 N–H and O–H groups in total. The predicted octanol–water partition coefficient (Wildman–Crippen LogP) is 3.80. The van der Waals surface area contributed by atoms with Crippen LogP contribution in [0.1, 0.15) is 11.3 Å². The first-order valence-electron chi connectivity index (χ1n) is 7.88. The summed E-state index contributed by atoms with van der Waals surface area (Å²) in [4.78, 5) is 14.9. The number of H-pyrrole nitrogens is 1. The van der Waals surface area contributed by atoms with Crippen molar-refractivity contribution in [3.05, 3.63) is 66.4 Å². The summed E-state index contributed by atoms with van der Waals surface area (Å²) < 4.78 is 0. The van der Waals surface area contributed by atoms with E-state index in [1.165, 1.54) is 6.08 Å². The van der Waals surface area contributed by atoms with Crippen LogP contribution in [-0.4, -0.2) is 22.6 Å². The number of hydrogen-bond donors (Lipinski definition) is 3. The Morgan fingerprint density at radius 1 is 1.29 bits per heavy atom. The van der Waals surface area contributed by atoms with E-state index in [4.69, 9.17) is 0 Å². The molecule has 0 aliphatic rings. The number of rotatable bonds is 5. The molecule has 0 radical (unpaired) electrons. The molecule has 1 aromatic heterocycles. The number of anilines is 1. The van der Waals surface area contributed by atoms with Gasteiger partial charge in [0.05, 0.1) is 0 Å². The molecule has 3 rings (SSSR count). The third-order valence-corrected chi connectivity index (χ3v) is 4.07. The summed E-state index contributed by atoms with van der Waals surface area (Å²) in [5.41, 5.74) is 6.10. The monoisotopic (exact) mass is 320 g/mol. The molecule has 24 heavy (non-hydrogen) atoms. The number of aliphatic hydroxyl groups is 1. The van der Waals surface area contributed by atoms with E-state index < -0.39 is 0 Å². The lowest BCUT2D eigenvalue weighted by molar-refractivity contribution is -0.111. The zero-order valence-electron chi connectivity index (χ0n) is 13.6. The molecule has 0 fully saturated rings. The lowest BCUT2D eigenvalue weighted by atomic mass is 9.99. The molecule has 0 saturated heterocycles. The first-order chi connectivity index (χ1) is 11.6. The van der Waals surface area contributed by atoms with E-state index in [1.807, 2.05) is 24.3 Å². The van der Waals surface area contributed by atoms with Crippen LogP contribution >= 0.6 is 0 Å². The minimum Gasteiger partial charge on any atom is -0.396 e. The second kappa shape index (κ2) is 6.72. The van der Waals surface area contributed by atoms with Gasteiger partial charge in [-0.3, -0.25) is 4.79 Å². The number of carbonyl (C=O) groups excluding carboxylic acids is 1. The quantitative estimate of drug-likeness (QED) is 0.626. The van der Waals surface area contributed by atoms with Gasteiger partial charge in [-0.2, -0.15) is 0 Å². The number of aryl methyl sites for hydroxylation is 1.